The molecule has 37 heavy (non-hydrogen) atoms. The SMILES string of the molecule is CC(C)CC1CCN(Cc2cc(-c3ccc4c(c3)CN(C3CCC(=O)NC3=O)C4=O)nc3[nH]ccc23)C1. The topological polar surface area (TPSA) is 98.4 Å². The number of likely N-dealkylation sites (tertiary alicyclic amines) is 1. The third-order valence-electron chi connectivity index (χ3n) is 8.00. The van der Waals surface area contributed by atoms with E-state index in [4.69, 9.17) is 4.98 Å². The highest BCUT2D eigenvalue weighted by Crippen LogP contribution is 2.33. The molecule has 2 N–H and O–H groups in total. The highest BCUT2D eigenvalue weighted by Gasteiger charge is 2.39. The highest BCUT2D eigenvalue weighted by atomic mass is 16.2. The number of nitrogens with one attached hydrogen (secondary N) is 2. The second-order valence-electron chi connectivity index (χ2n) is 11.2. The smallest absolute Gasteiger partial charge is 0.255 e. The summed E-state index contributed by atoms with van der Waals surface area (Å²) in [5.74, 6) is 0.669. The van der Waals surface area contributed by atoms with E-state index >= 15 is 0 Å². The number of fused-ring (bicyclic) bond motifs is 2. The number of aromatic nitrogens is 2. The van der Waals surface area contributed by atoms with Crippen LogP contribution in [0.5, 0.6) is 0 Å². The van der Waals surface area contributed by atoms with Crippen molar-refractivity contribution >= 4 is 28.8 Å². The fourth-order valence-corrected chi connectivity index (χ4v) is 6.28. The van der Waals surface area contributed by atoms with E-state index in [-0.39, 0.29) is 18.2 Å². The molecule has 6 rings (SSSR count). The molecule has 3 amide bonds. The maximum Gasteiger partial charge on any atom is 0.255 e. The Kier molecular flexibility index (Phi) is 6.07. The number of piperidine rings is 1. The van der Waals surface area contributed by atoms with Gasteiger partial charge in [-0.2, -0.15) is 0 Å². The van der Waals surface area contributed by atoms with Crippen molar-refractivity contribution in [2.45, 2.75) is 58.7 Å². The molecule has 0 saturated carbocycles. The van der Waals surface area contributed by atoms with Gasteiger partial charge in [-0.05, 0) is 73.0 Å². The van der Waals surface area contributed by atoms with Crippen LogP contribution in [0.15, 0.2) is 36.5 Å². The maximum atomic E-state index is 13.1. The Balaban J connectivity index is 1.25. The molecule has 8 heteroatoms. The average Bonchev–Trinajstić information content (AvgIpc) is 3.58. The fourth-order valence-electron chi connectivity index (χ4n) is 6.28. The lowest BCUT2D eigenvalue weighted by Gasteiger charge is -2.29. The van der Waals surface area contributed by atoms with Crippen molar-refractivity contribution < 1.29 is 14.4 Å². The summed E-state index contributed by atoms with van der Waals surface area (Å²) < 4.78 is 0. The molecule has 0 bridgehead atoms. The molecule has 2 unspecified atom stereocenters. The van der Waals surface area contributed by atoms with Gasteiger partial charge in [0.1, 0.15) is 11.7 Å². The average molecular weight is 500 g/mol. The number of hydrogen-bond acceptors (Lipinski definition) is 5. The second-order valence-corrected chi connectivity index (χ2v) is 11.2. The molecule has 8 nitrogen and oxygen atoms in total. The predicted octanol–water partition coefficient (Wildman–Crippen LogP) is 3.86. The number of aromatic amines is 1. The third kappa shape index (κ3) is 4.55. The van der Waals surface area contributed by atoms with Gasteiger partial charge in [0, 0.05) is 48.8 Å². The van der Waals surface area contributed by atoms with Crippen LogP contribution in [0.2, 0.25) is 0 Å². The maximum absolute atomic E-state index is 13.1. The zero-order chi connectivity index (χ0) is 25.7. The van der Waals surface area contributed by atoms with Crippen LogP contribution >= 0.6 is 0 Å². The third-order valence-corrected chi connectivity index (χ3v) is 8.00. The molecule has 2 atom stereocenters. The molecule has 3 aliphatic rings. The second kappa shape index (κ2) is 9.41. The first-order valence-corrected chi connectivity index (χ1v) is 13.3. The standard InChI is InChI=1S/C29H33N5O3/c1-17(2)11-18-8-10-33(14-18)15-21-13-24(31-27-22(21)7-9-30-27)19-3-4-23-20(12-19)16-34(29(23)37)25-5-6-26(35)32-28(25)36/h3-4,7,9,12-13,17-18,25H,5-6,8,10-11,14-16H2,1-2H3,(H,30,31)(H,32,35,36). The van der Waals surface area contributed by atoms with Crippen LogP contribution in [-0.2, 0) is 22.7 Å². The van der Waals surface area contributed by atoms with Gasteiger partial charge in [-0.15, -0.1) is 0 Å². The van der Waals surface area contributed by atoms with Crippen molar-refractivity contribution in [1.29, 1.82) is 0 Å². The van der Waals surface area contributed by atoms with Crippen molar-refractivity contribution in [3.8, 4) is 11.3 Å². The number of benzene rings is 1. The minimum atomic E-state index is -0.610. The van der Waals surface area contributed by atoms with Gasteiger partial charge in [0.25, 0.3) is 5.91 Å². The number of nitrogens with zero attached hydrogens (tertiary/aromatic N) is 3. The lowest BCUT2D eigenvalue weighted by atomic mass is 9.97. The number of amides is 3. The molecule has 2 fully saturated rings. The van der Waals surface area contributed by atoms with Gasteiger partial charge in [-0.1, -0.05) is 19.9 Å². The van der Waals surface area contributed by atoms with Crippen LogP contribution in [0.3, 0.4) is 0 Å². The zero-order valence-corrected chi connectivity index (χ0v) is 21.4. The van der Waals surface area contributed by atoms with Gasteiger partial charge >= 0.3 is 0 Å². The van der Waals surface area contributed by atoms with E-state index in [2.05, 4.69) is 41.2 Å². The van der Waals surface area contributed by atoms with E-state index in [1.807, 2.05) is 24.4 Å². The van der Waals surface area contributed by atoms with E-state index in [0.29, 0.717) is 18.5 Å². The summed E-state index contributed by atoms with van der Waals surface area (Å²) in [5, 5.41) is 3.51. The van der Waals surface area contributed by atoms with Crippen LogP contribution in [0.1, 0.15) is 61.0 Å². The number of carbonyl (C=O) groups excluding carboxylic acids is 3. The Morgan fingerprint density at radius 1 is 1.11 bits per heavy atom. The van der Waals surface area contributed by atoms with E-state index < -0.39 is 11.9 Å². The summed E-state index contributed by atoms with van der Waals surface area (Å²) in [5.41, 5.74) is 5.45. The van der Waals surface area contributed by atoms with Crippen molar-refractivity contribution in [2.24, 2.45) is 11.8 Å². The molecular formula is C29H33N5O3. The van der Waals surface area contributed by atoms with Crippen molar-refractivity contribution in [1.82, 2.24) is 25.1 Å². The van der Waals surface area contributed by atoms with Crippen molar-refractivity contribution in [2.75, 3.05) is 13.1 Å². The van der Waals surface area contributed by atoms with Gasteiger partial charge in [0.2, 0.25) is 11.8 Å². The number of hydrogen-bond donors (Lipinski definition) is 2. The Morgan fingerprint density at radius 2 is 1.97 bits per heavy atom. The van der Waals surface area contributed by atoms with Gasteiger partial charge in [0.15, 0.2) is 0 Å². The minimum Gasteiger partial charge on any atom is -0.346 e. The molecule has 2 aromatic heterocycles. The zero-order valence-electron chi connectivity index (χ0n) is 21.4. The summed E-state index contributed by atoms with van der Waals surface area (Å²) in [7, 11) is 0. The lowest BCUT2D eigenvalue weighted by Crippen LogP contribution is -2.52. The monoisotopic (exact) mass is 499 g/mol. The number of H-pyrrole nitrogens is 1. The molecule has 3 aliphatic heterocycles. The van der Waals surface area contributed by atoms with E-state index in [1.165, 1.54) is 18.4 Å². The minimum absolute atomic E-state index is 0.158. The molecule has 5 heterocycles. The van der Waals surface area contributed by atoms with Crippen LogP contribution in [0.25, 0.3) is 22.3 Å². The molecule has 192 valence electrons. The summed E-state index contributed by atoms with van der Waals surface area (Å²) in [6, 6.07) is 9.48. The first-order valence-electron chi connectivity index (χ1n) is 13.3. The summed E-state index contributed by atoms with van der Waals surface area (Å²) >= 11 is 0. The number of rotatable bonds is 6. The Hall–Kier alpha value is -3.52. The molecule has 0 spiro atoms. The summed E-state index contributed by atoms with van der Waals surface area (Å²) in [6.45, 7) is 8.11. The summed E-state index contributed by atoms with van der Waals surface area (Å²) in [4.78, 5) is 49.3. The van der Waals surface area contributed by atoms with E-state index in [9.17, 15) is 14.4 Å². The Labute approximate surface area is 216 Å². The molecule has 0 radical (unpaired) electrons. The summed E-state index contributed by atoms with van der Waals surface area (Å²) in [6.07, 6.45) is 5.09. The fraction of sp³-hybridized carbons (Fsp3) is 0.448. The van der Waals surface area contributed by atoms with Crippen molar-refractivity contribution in [3.05, 3.63) is 53.2 Å². The molecule has 2 saturated heterocycles. The first-order chi connectivity index (χ1) is 17.9. The molecule has 3 aromatic rings. The number of imide groups is 1. The Morgan fingerprint density at radius 3 is 2.78 bits per heavy atom. The van der Waals surface area contributed by atoms with Crippen LogP contribution < -0.4 is 5.32 Å². The van der Waals surface area contributed by atoms with E-state index in [1.54, 1.807) is 4.90 Å². The van der Waals surface area contributed by atoms with Gasteiger partial charge in [-0.25, -0.2) is 4.98 Å². The molecular weight excluding hydrogens is 466 g/mol. The largest absolute Gasteiger partial charge is 0.346 e. The molecule has 0 aliphatic carbocycles. The van der Waals surface area contributed by atoms with Crippen LogP contribution in [0.4, 0.5) is 0 Å². The lowest BCUT2D eigenvalue weighted by molar-refractivity contribution is -0.136. The number of carbonyl (C=O) groups is 3. The molecule has 1 aromatic carbocycles. The van der Waals surface area contributed by atoms with Gasteiger partial charge < -0.3 is 9.88 Å². The van der Waals surface area contributed by atoms with E-state index in [0.717, 1.165) is 59.3 Å². The predicted molar refractivity (Wildman–Crippen MR) is 140 cm³/mol. The number of pyridine rings is 1. The Bertz CT molecular complexity index is 1390. The van der Waals surface area contributed by atoms with Gasteiger partial charge in [0.05, 0.1) is 5.69 Å². The quantitative estimate of drug-likeness (QED) is 0.502. The van der Waals surface area contributed by atoms with Gasteiger partial charge in [-0.3, -0.25) is 24.6 Å². The van der Waals surface area contributed by atoms with Crippen molar-refractivity contribution in [3.63, 3.8) is 0 Å². The highest BCUT2D eigenvalue weighted by molar-refractivity contribution is 6.05. The normalized spacial score (nSPS) is 22.4. The van der Waals surface area contributed by atoms with Crippen LogP contribution in [-0.4, -0.2) is 56.6 Å². The first kappa shape index (κ1) is 23.9. The van der Waals surface area contributed by atoms with Crippen LogP contribution in [0, 0.1) is 11.8 Å².